The van der Waals surface area contributed by atoms with Crippen molar-refractivity contribution in [1.29, 1.82) is 0 Å². The second-order valence-corrected chi connectivity index (χ2v) is 6.55. The molecule has 2 unspecified atom stereocenters. The molecule has 2 aromatic carbocycles. The van der Waals surface area contributed by atoms with Gasteiger partial charge in [-0.15, -0.1) is 0 Å². The molecule has 4 rings (SSSR count). The summed E-state index contributed by atoms with van der Waals surface area (Å²) in [5, 5.41) is 15.3. The second-order valence-electron chi connectivity index (χ2n) is 6.16. The molecule has 24 heavy (non-hydrogen) atoms. The molecule has 6 heteroatoms. The van der Waals surface area contributed by atoms with E-state index in [0.717, 1.165) is 0 Å². The van der Waals surface area contributed by atoms with Crippen molar-refractivity contribution in [2.24, 2.45) is 0 Å². The van der Waals surface area contributed by atoms with E-state index in [1.54, 1.807) is 23.9 Å². The van der Waals surface area contributed by atoms with Crippen LogP contribution in [0.4, 0.5) is 5.69 Å². The van der Waals surface area contributed by atoms with Gasteiger partial charge in [-0.25, -0.2) is 0 Å². The van der Waals surface area contributed by atoms with Gasteiger partial charge in [0.05, 0.1) is 5.69 Å². The van der Waals surface area contributed by atoms with Gasteiger partial charge in [-0.2, -0.15) is 0 Å². The van der Waals surface area contributed by atoms with Gasteiger partial charge in [0, 0.05) is 19.7 Å². The van der Waals surface area contributed by atoms with Gasteiger partial charge in [-0.05, 0) is 23.8 Å². The van der Waals surface area contributed by atoms with Gasteiger partial charge in [0.2, 0.25) is 5.72 Å². The van der Waals surface area contributed by atoms with Crippen molar-refractivity contribution in [2.75, 3.05) is 19.0 Å². The van der Waals surface area contributed by atoms with E-state index in [1.165, 1.54) is 0 Å². The van der Waals surface area contributed by atoms with Crippen molar-refractivity contribution >= 4 is 28.9 Å². The van der Waals surface area contributed by atoms with Crippen LogP contribution in [-0.2, 0) is 16.1 Å². The Morgan fingerprint density at radius 2 is 1.67 bits per heavy atom. The van der Waals surface area contributed by atoms with Crippen molar-refractivity contribution in [3.63, 3.8) is 0 Å². The summed E-state index contributed by atoms with van der Waals surface area (Å²) in [5.41, 5.74) is -0.999. The van der Waals surface area contributed by atoms with Crippen LogP contribution in [-0.4, -0.2) is 35.1 Å². The molecule has 2 heterocycles. The normalized spacial score (nSPS) is 28.5. The highest BCUT2D eigenvalue weighted by atomic mass is 32.1. The quantitative estimate of drug-likeness (QED) is 0.772. The van der Waals surface area contributed by atoms with Crippen LogP contribution in [0.1, 0.15) is 11.1 Å². The standard InChI is InChI=1S/C18H17N3O2S/c1-20-14-11-7-6-10-13(14)18(23)17(15(20)22,19-16(24)21(18)2)12-8-4-3-5-9-12/h3-11,23H,1-2H3,(H,19,24). The van der Waals surface area contributed by atoms with Crippen LogP contribution in [0.5, 0.6) is 0 Å². The number of aliphatic hydroxyl groups is 1. The van der Waals surface area contributed by atoms with Crippen molar-refractivity contribution < 1.29 is 9.90 Å². The van der Waals surface area contributed by atoms with E-state index < -0.39 is 11.3 Å². The zero-order valence-electron chi connectivity index (χ0n) is 13.4. The Kier molecular flexibility index (Phi) is 3.01. The first-order valence-corrected chi connectivity index (χ1v) is 8.07. The fourth-order valence-electron chi connectivity index (χ4n) is 3.82. The minimum Gasteiger partial charge on any atom is -0.364 e. The third-order valence-electron chi connectivity index (χ3n) is 5.08. The van der Waals surface area contributed by atoms with Crippen molar-refractivity contribution in [3.8, 4) is 0 Å². The van der Waals surface area contributed by atoms with E-state index in [-0.39, 0.29) is 5.91 Å². The first-order valence-electron chi connectivity index (χ1n) is 7.66. The number of nitrogens with one attached hydrogen (secondary N) is 1. The summed E-state index contributed by atoms with van der Waals surface area (Å²) in [6.45, 7) is 0. The fraction of sp³-hybridized carbons (Fsp3) is 0.222. The summed E-state index contributed by atoms with van der Waals surface area (Å²) in [6.07, 6.45) is 0. The molecule has 1 saturated heterocycles. The number of rotatable bonds is 1. The van der Waals surface area contributed by atoms with Crippen LogP contribution in [0.2, 0.25) is 0 Å². The number of hydrogen-bond acceptors (Lipinski definition) is 3. The number of benzene rings is 2. The largest absolute Gasteiger partial charge is 0.364 e. The van der Waals surface area contributed by atoms with Gasteiger partial charge in [0.25, 0.3) is 5.91 Å². The Balaban J connectivity index is 2.11. The first kappa shape index (κ1) is 15.1. The number of amides is 1. The average Bonchev–Trinajstić information content (AvgIpc) is 2.83. The maximum atomic E-state index is 13.4. The van der Waals surface area contributed by atoms with Crippen LogP contribution in [0.25, 0.3) is 0 Å². The van der Waals surface area contributed by atoms with Gasteiger partial charge in [-0.1, -0.05) is 48.5 Å². The summed E-state index contributed by atoms with van der Waals surface area (Å²) in [7, 11) is 3.42. The Hall–Kier alpha value is -2.44. The average molecular weight is 339 g/mol. The highest BCUT2D eigenvalue weighted by Gasteiger charge is 2.69. The zero-order valence-corrected chi connectivity index (χ0v) is 14.2. The molecule has 0 saturated carbocycles. The van der Waals surface area contributed by atoms with Crippen molar-refractivity contribution in [2.45, 2.75) is 11.3 Å². The number of carbonyl (C=O) groups excluding carboxylic acids is 1. The predicted octanol–water partition coefficient (Wildman–Crippen LogP) is 1.52. The first-order chi connectivity index (χ1) is 11.4. The molecular weight excluding hydrogens is 322 g/mol. The highest BCUT2D eigenvalue weighted by Crippen LogP contribution is 2.53. The minimum absolute atomic E-state index is 0.249. The van der Waals surface area contributed by atoms with E-state index in [4.69, 9.17) is 12.2 Å². The van der Waals surface area contributed by atoms with Crippen LogP contribution in [0.3, 0.4) is 0 Å². The van der Waals surface area contributed by atoms with Crippen LogP contribution < -0.4 is 10.2 Å². The molecule has 2 atom stereocenters. The number of nitrogens with zero attached hydrogens (tertiary/aromatic N) is 2. The van der Waals surface area contributed by atoms with E-state index in [2.05, 4.69) is 5.32 Å². The van der Waals surface area contributed by atoms with E-state index in [0.29, 0.717) is 21.9 Å². The number of carbonyl (C=O) groups is 1. The van der Waals surface area contributed by atoms with E-state index in [9.17, 15) is 9.90 Å². The van der Waals surface area contributed by atoms with E-state index in [1.807, 2.05) is 54.6 Å². The summed E-state index contributed by atoms with van der Waals surface area (Å²) in [5.74, 6) is -0.249. The van der Waals surface area contributed by atoms with Gasteiger partial charge in [-0.3, -0.25) is 4.79 Å². The minimum atomic E-state index is -1.61. The Labute approximate surface area is 145 Å². The molecule has 0 radical (unpaired) electrons. The van der Waals surface area contributed by atoms with Crippen molar-refractivity contribution in [3.05, 3.63) is 65.7 Å². The maximum Gasteiger partial charge on any atom is 0.262 e. The molecule has 5 nitrogen and oxygen atoms in total. The molecule has 0 spiro atoms. The summed E-state index contributed by atoms with van der Waals surface area (Å²) in [6, 6.07) is 16.6. The van der Waals surface area contributed by atoms with Crippen LogP contribution in [0.15, 0.2) is 54.6 Å². The van der Waals surface area contributed by atoms with Gasteiger partial charge < -0.3 is 20.2 Å². The smallest absolute Gasteiger partial charge is 0.262 e. The fourth-order valence-corrected chi connectivity index (χ4v) is 4.11. The van der Waals surface area contributed by atoms with Crippen LogP contribution >= 0.6 is 12.2 Å². The molecule has 0 aromatic heterocycles. The molecule has 0 bridgehead atoms. The molecule has 2 aliphatic heterocycles. The maximum absolute atomic E-state index is 13.4. The lowest BCUT2D eigenvalue weighted by Gasteiger charge is -2.49. The lowest BCUT2D eigenvalue weighted by Crippen LogP contribution is -2.66. The summed E-state index contributed by atoms with van der Waals surface area (Å²) >= 11 is 5.40. The topological polar surface area (TPSA) is 55.8 Å². The van der Waals surface area contributed by atoms with Gasteiger partial charge >= 0.3 is 0 Å². The Morgan fingerprint density at radius 1 is 1.04 bits per heavy atom. The molecule has 2 aliphatic rings. The SMILES string of the molecule is CN1C(=O)C2(c3ccccc3)NC(=S)N(C)C2(O)c2ccccc21. The number of likely N-dealkylation sites (N-methyl/N-ethyl adjacent to an activating group) is 2. The van der Waals surface area contributed by atoms with Gasteiger partial charge in [0.15, 0.2) is 10.7 Å². The number of anilines is 1. The third-order valence-corrected chi connectivity index (χ3v) is 5.46. The summed E-state index contributed by atoms with van der Waals surface area (Å²) in [4.78, 5) is 16.5. The lowest BCUT2D eigenvalue weighted by molar-refractivity contribution is -0.154. The zero-order chi connectivity index (χ0) is 17.1. The second kappa shape index (κ2) is 4.78. The van der Waals surface area contributed by atoms with Crippen molar-refractivity contribution in [1.82, 2.24) is 10.2 Å². The molecule has 2 aromatic rings. The highest BCUT2D eigenvalue weighted by molar-refractivity contribution is 7.80. The third kappa shape index (κ3) is 1.52. The monoisotopic (exact) mass is 339 g/mol. The molecule has 0 aliphatic carbocycles. The lowest BCUT2D eigenvalue weighted by atomic mass is 9.72. The Morgan fingerprint density at radius 3 is 2.38 bits per heavy atom. The Bertz CT molecular complexity index is 856. The van der Waals surface area contributed by atoms with Gasteiger partial charge in [0.1, 0.15) is 0 Å². The molecule has 1 fully saturated rings. The summed E-state index contributed by atoms with van der Waals surface area (Å²) < 4.78 is 0. The molecule has 2 N–H and O–H groups in total. The molecule has 122 valence electrons. The number of thiocarbonyl (C=S) groups is 1. The number of para-hydroxylation sites is 1. The predicted molar refractivity (Wildman–Crippen MR) is 95.4 cm³/mol. The van der Waals surface area contributed by atoms with Crippen LogP contribution in [0, 0.1) is 0 Å². The van der Waals surface area contributed by atoms with E-state index >= 15 is 0 Å². The number of hydrogen-bond donors (Lipinski definition) is 2. The number of fused-ring (bicyclic) bond motifs is 3. The molecule has 1 amide bonds. The molecular formula is C18H17N3O2S.